The van der Waals surface area contributed by atoms with Crippen LogP contribution in [0.4, 0.5) is 5.69 Å². The third kappa shape index (κ3) is 2.83. The zero-order chi connectivity index (χ0) is 18.8. The largest absolute Gasteiger partial charge is 0.325 e. The van der Waals surface area contributed by atoms with Gasteiger partial charge in [-0.2, -0.15) is 0 Å². The molecule has 0 spiro atoms. The summed E-state index contributed by atoms with van der Waals surface area (Å²) in [5.41, 5.74) is 1.45. The molecule has 5 nitrogen and oxygen atoms in total. The van der Waals surface area contributed by atoms with Crippen LogP contribution in [-0.4, -0.2) is 20.7 Å². The van der Waals surface area contributed by atoms with Crippen molar-refractivity contribution in [2.45, 2.75) is 51.0 Å². The standard InChI is InChI=1S/C20H22BrClN4O/c1-12-2-3-15(22)5-16(12)24-17(27)19-6-13-4-14(7-19)9-20(8-13,10-19)26-11-23-18(21)25-26/h2-3,5,11,13-14H,4,6-10H2,1H3,(H,24,27)/t13-,14-,19?,20?/m0/s1. The van der Waals surface area contributed by atoms with Gasteiger partial charge in [-0.3, -0.25) is 4.79 Å². The molecule has 1 heterocycles. The summed E-state index contributed by atoms with van der Waals surface area (Å²) in [7, 11) is 0. The van der Waals surface area contributed by atoms with E-state index in [9.17, 15) is 4.79 Å². The quantitative estimate of drug-likeness (QED) is 0.722. The van der Waals surface area contributed by atoms with Gasteiger partial charge in [0.2, 0.25) is 10.6 Å². The van der Waals surface area contributed by atoms with Crippen molar-refractivity contribution in [2.24, 2.45) is 17.3 Å². The molecule has 7 heteroatoms. The van der Waals surface area contributed by atoms with E-state index in [1.54, 1.807) is 0 Å². The molecule has 142 valence electrons. The van der Waals surface area contributed by atoms with Gasteiger partial charge in [0.05, 0.1) is 11.0 Å². The van der Waals surface area contributed by atoms with E-state index in [4.69, 9.17) is 11.6 Å². The highest BCUT2D eigenvalue weighted by atomic mass is 79.9. The second kappa shape index (κ2) is 6.05. The van der Waals surface area contributed by atoms with E-state index in [0.29, 0.717) is 21.6 Å². The van der Waals surface area contributed by atoms with Crippen LogP contribution in [0.2, 0.25) is 5.02 Å². The molecule has 1 aromatic heterocycles. The monoisotopic (exact) mass is 448 g/mol. The van der Waals surface area contributed by atoms with E-state index in [1.165, 1.54) is 6.42 Å². The normalized spacial score (nSPS) is 34.0. The Balaban J connectivity index is 1.48. The molecule has 1 amide bonds. The van der Waals surface area contributed by atoms with Crippen LogP contribution in [0.1, 0.15) is 44.1 Å². The van der Waals surface area contributed by atoms with Gasteiger partial charge in [-0.05, 0) is 90.9 Å². The minimum atomic E-state index is -0.322. The highest BCUT2D eigenvalue weighted by Gasteiger charge is 2.61. The zero-order valence-electron chi connectivity index (χ0n) is 15.2. The van der Waals surface area contributed by atoms with Crippen LogP contribution in [0.15, 0.2) is 29.3 Å². The van der Waals surface area contributed by atoms with Crippen molar-refractivity contribution in [3.63, 3.8) is 0 Å². The Morgan fingerprint density at radius 2 is 2.04 bits per heavy atom. The van der Waals surface area contributed by atoms with Gasteiger partial charge < -0.3 is 5.32 Å². The SMILES string of the molecule is Cc1ccc(Cl)cc1NC(=O)C12C[C@@H]3C[C@@H](C1)CC(n1cnc(Br)n1)(C3)C2. The number of halogens is 2. The number of hydrogen-bond donors (Lipinski definition) is 1. The Morgan fingerprint density at radius 1 is 1.30 bits per heavy atom. The third-order valence-corrected chi connectivity index (χ3v) is 7.51. The summed E-state index contributed by atoms with van der Waals surface area (Å²) < 4.78 is 2.65. The average Bonchev–Trinajstić information content (AvgIpc) is 3.04. The first-order chi connectivity index (χ1) is 12.9. The number of benzene rings is 1. The maximum Gasteiger partial charge on any atom is 0.230 e. The number of carbonyl (C=O) groups is 1. The number of anilines is 1. The molecule has 0 aliphatic heterocycles. The van der Waals surface area contributed by atoms with E-state index < -0.39 is 0 Å². The second-order valence-electron chi connectivity index (χ2n) is 8.84. The smallest absolute Gasteiger partial charge is 0.230 e. The summed E-state index contributed by atoms with van der Waals surface area (Å²) in [6.07, 6.45) is 8.06. The third-order valence-electron chi connectivity index (χ3n) is 6.91. The van der Waals surface area contributed by atoms with Crippen molar-refractivity contribution in [3.05, 3.63) is 39.8 Å². The summed E-state index contributed by atoms with van der Waals surface area (Å²) in [5.74, 6) is 1.31. The van der Waals surface area contributed by atoms with Crippen LogP contribution >= 0.6 is 27.5 Å². The molecule has 2 aromatic rings. The number of nitrogens with zero attached hydrogens (tertiary/aromatic N) is 3. The highest BCUT2D eigenvalue weighted by molar-refractivity contribution is 9.10. The summed E-state index contributed by atoms with van der Waals surface area (Å²) >= 11 is 9.53. The number of rotatable bonds is 3. The lowest BCUT2D eigenvalue weighted by Crippen LogP contribution is -2.60. The predicted molar refractivity (Wildman–Crippen MR) is 108 cm³/mol. The van der Waals surface area contributed by atoms with Gasteiger partial charge in [-0.1, -0.05) is 17.7 Å². The number of amides is 1. The number of hydrogen-bond acceptors (Lipinski definition) is 3. The molecule has 4 saturated carbocycles. The molecule has 0 unspecified atom stereocenters. The summed E-state index contributed by atoms with van der Waals surface area (Å²) in [6.45, 7) is 2.00. The Kier molecular flexibility index (Phi) is 3.96. The van der Waals surface area contributed by atoms with Gasteiger partial charge in [-0.25, -0.2) is 9.67 Å². The Bertz CT molecular complexity index is 912. The zero-order valence-corrected chi connectivity index (χ0v) is 17.6. The van der Waals surface area contributed by atoms with Gasteiger partial charge in [0, 0.05) is 10.7 Å². The first-order valence-corrected chi connectivity index (χ1v) is 10.7. The minimum Gasteiger partial charge on any atom is -0.325 e. The molecule has 4 fully saturated rings. The fourth-order valence-corrected chi connectivity index (χ4v) is 6.64. The molecule has 0 saturated heterocycles. The number of carbonyl (C=O) groups excluding carboxylic acids is 1. The number of aromatic nitrogens is 3. The maximum atomic E-state index is 13.5. The fraction of sp³-hybridized carbons (Fsp3) is 0.550. The molecule has 4 bridgehead atoms. The highest BCUT2D eigenvalue weighted by Crippen LogP contribution is 2.64. The minimum absolute atomic E-state index is 0.0795. The van der Waals surface area contributed by atoms with E-state index >= 15 is 0 Å². The predicted octanol–water partition coefficient (Wildman–Crippen LogP) is 4.94. The molecule has 4 aliphatic carbocycles. The first-order valence-electron chi connectivity index (χ1n) is 9.53. The lowest BCUT2D eigenvalue weighted by Gasteiger charge is -2.60. The van der Waals surface area contributed by atoms with Crippen molar-refractivity contribution in [1.29, 1.82) is 0 Å². The summed E-state index contributed by atoms with van der Waals surface area (Å²) in [5, 5.41) is 8.42. The van der Waals surface area contributed by atoms with Crippen molar-refractivity contribution < 1.29 is 4.79 Å². The number of nitrogens with one attached hydrogen (secondary N) is 1. The molecule has 1 N–H and O–H groups in total. The van der Waals surface area contributed by atoms with Crippen LogP contribution in [0, 0.1) is 24.2 Å². The van der Waals surface area contributed by atoms with Gasteiger partial charge >= 0.3 is 0 Å². The van der Waals surface area contributed by atoms with Crippen molar-refractivity contribution >= 4 is 39.1 Å². The summed E-state index contributed by atoms with van der Waals surface area (Å²) in [4.78, 5) is 17.8. The maximum absolute atomic E-state index is 13.5. The Morgan fingerprint density at radius 3 is 2.70 bits per heavy atom. The molecular formula is C20H22BrClN4O. The van der Waals surface area contributed by atoms with Crippen molar-refractivity contribution in [1.82, 2.24) is 14.8 Å². The molecular weight excluding hydrogens is 428 g/mol. The average molecular weight is 450 g/mol. The van der Waals surface area contributed by atoms with Crippen LogP contribution in [0.3, 0.4) is 0 Å². The van der Waals surface area contributed by atoms with E-state index in [-0.39, 0.29) is 16.9 Å². The van der Waals surface area contributed by atoms with Gasteiger partial charge in [-0.15, -0.1) is 5.10 Å². The molecule has 4 aliphatic rings. The van der Waals surface area contributed by atoms with Crippen LogP contribution in [-0.2, 0) is 10.3 Å². The molecule has 2 atom stereocenters. The van der Waals surface area contributed by atoms with Crippen molar-refractivity contribution in [2.75, 3.05) is 5.32 Å². The molecule has 0 radical (unpaired) electrons. The summed E-state index contributed by atoms with van der Waals surface area (Å²) in [6, 6.07) is 5.65. The topological polar surface area (TPSA) is 59.8 Å². The van der Waals surface area contributed by atoms with Crippen LogP contribution in [0.25, 0.3) is 0 Å². The molecule has 1 aromatic carbocycles. The van der Waals surface area contributed by atoms with E-state index in [2.05, 4.69) is 31.3 Å². The lowest BCUT2D eigenvalue weighted by molar-refractivity contribution is -0.150. The fourth-order valence-electron chi connectivity index (χ4n) is 6.20. The molecule has 27 heavy (non-hydrogen) atoms. The van der Waals surface area contributed by atoms with E-state index in [1.807, 2.05) is 36.1 Å². The van der Waals surface area contributed by atoms with E-state index in [0.717, 1.165) is 43.4 Å². The van der Waals surface area contributed by atoms with Crippen LogP contribution < -0.4 is 5.32 Å². The Labute approximate surface area is 172 Å². The number of aryl methyl sites for hydroxylation is 1. The van der Waals surface area contributed by atoms with Gasteiger partial charge in [0.1, 0.15) is 6.33 Å². The first kappa shape index (κ1) is 17.7. The van der Waals surface area contributed by atoms with Gasteiger partial charge in [0.25, 0.3) is 0 Å². The lowest BCUT2D eigenvalue weighted by atomic mass is 9.46. The second-order valence-corrected chi connectivity index (χ2v) is 9.98. The molecule has 6 rings (SSSR count). The van der Waals surface area contributed by atoms with Crippen molar-refractivity contribution in [3.8, 4) is 0 Å². The van der Waals surface area contributed by atoms with Crippen LogP contribution in [0.5, 0.6) is 0 Å². The van der Waals surface area contributed by atoms with Gasteiger partial charge in [0.15, 0.2) is 0 Å². The Hall–Kier alpha value is -1.40.